The Balaban J connectivity index is 2.22. The van der Waals surface area contributed by atoms with Crippen LogP contribution < -0.4 is 0 Å². The predicted octanol–water partition coefficient (Wildman–Crippen LogP) is 0.911. The van der Waals surface area contributed by atoms with Gasteiger partial charge in [0.05, 0.1) is 16.7 Å². The van der Waals surface area contributed by atoms with Gasteiger partial charge in [-0.2, -0.15) is 4.31 Å². The van der Waals surface area contributed by atoms with Crippen molar-refractivity contribution in [1.82, 2.24) is 4.31 Å². The molecular formula is C9H10N2O4S. The minimum absolute atomic E-state index is 0.00795. The molecule has 1 saturated heterocycles. The number of non-ortho nitro benzene ring substituents is 1. The van der Waals surface area contributed by atoms with Crippen LogP contribution in [0.3, 0.4) is 0 Å². The molecule has 0 spiro atoms. The monoisotopic (exact) mass is 242 g/mol. The molecule has 86 valence electrons. The minimum atomic E-state index is -3.08. The Hall–Kier alpha value is -1.47. The third kappa shape index (κ3) is 1.68. The van der Waals surface area contributed by atoms with Gasteiger partial charge in [0.15, 0.2) is 0 Å². The third-order valence-electron chi connectivity index (χ3n) is 2.73. The zero-order valence-corrected chi connectivity index (χ0v) is 9.35. The first-order chi connectivity index (χ1) is 7.42. The third-order valence-corrected chi connectivity index (χ3v) is 4.60. The van der Waals surface area contributed by atoms with Crippen LogP contribution in [0.2, 0.25) is 0 Å². The largest absolute Gasteiger partial charge is 0.269 e. The molecule has 1 fully saturated rings. The van der Waals surface area contributed by atoms with Crippen LogP contribution in [0.15, 0.2) is 24.3 Å². The fourth-order valence-corrected chi connectivity index (χ4v) is 3.03. The average molecular weight is 242 g/mol. The van der Waals surface area contributed by atoms with Crippen LogP contribution in [0, 0.1) is 10.1 Å². The van der Waals surface area contributed by atoms with Crippen LogP contribution in [-0.4, -0.2) is 30.4 Å². The SMILES string of the molecule is CN1C(c2ccc([N+](=O)[O-])cc2)CS1(=O)=O. The van der Waals surface area contributed by atoms with Gasteiger partial charge in [-0.1, -0.05) is 12.1 Å². The molecule has 1 atom stereocenters. The van der Waals surface area contributed by atoms with E-state index in [1.54, 1.807) is 12.1 Å². The maximum absolute atomic E-state index is 11.2. The first-order valence-corrected chi connectivity index (χ1v) is 6.23. The van der Waals surface area contributed by atoms with E-state index >= 15 is 0 Å². The summed E-state index contributed by atoms with van der Waals surface area (Å²) < 4.78 is 23.7. The average Bonchev–Trinajstić information content (AvgIpc) is 2.26. The van der Waals surface area contributed by atoms with Gasteiger partial charge in [0.25, 0.3) is 5.69 Å². The Morgan fingerprint density at radius 1 is 1.38 bits per heavy atom. The number of hydrogen-bond donors (Lipinski definition) is 0. The number of nitro benzene ring substituents is 1. The molecule has 1 heterocycles. The van der Waals surface area contributed by atoms with Crippen LogP contribution in [0.25, 0.3) is 0 Å². The Morgan fingerprint density at radius 3 is 2.31 bits per heavy atom. The van der Waals surface area contributed by atoms with E-state index in [0.717, 1.165) is 5.56 Å². The van der Waals surface area contributed by atoms with Crippen molar-refractivity contribution < 1.29 is 13.3 Å². The van der Waals surface area contributed by atoms with E-state index in [0.29, 0.717) is 0 Å². The highest BCUT2D eigenvalue weighted by Gasteiger charge is 2.40. The fourth-order valence-electron chi connectivity index (χ4n) is 1.66. The molecule has 1 aliphatic heterocycles. The summed E-state index contributed by atoms with van der Waals surface area (Å²) in [4.78, 5) is 9.95. The molecule has 0 bridgehead atoms. The van der Waals surface area contributed by atoms with Crippen molar-refractivity contribution in [2.45, 2.75) is 6.04 Å². The summed E-state index contributed by atoms with van der Waals surface area (Å²) in [6, 6.07) is 5.76. The predicted molar refractivity (Wildman–Crippen MR) is 57.4 cm³/mol. The van der Waals surface area contributed by atoms with Crippen molar-refractivity contribution in [3.8, 4) is 0 Å². The molecule has 0 aliphatic carbocycles. The molecule has 1 unspecified atom stereocenters. The zero-order chi connectivity index (χ0) is 11.9. The highest BCUT2D eigenvalue weighted by atomic mass is 32.2. The topological polar surface area (TPSA) is 80.5 Å². The highest BCUT2D eigenvalue weighted by molar-refractivity contribution is 7.90. The van der Waals surface area contributed by atoms with Crippen LogP contribution in [0.1, 0.15) is 11.6 Å². The number of hydrogen-bond acceptors (Lipinski definition) is 4. The molecule has 0 radical (unpaired) electrons. The standard InChI is InChI=1S/C9H10N2O4S/c1-10-9(6-16(10,14)15)7-2-4-8(5-3-7)11(12)13/h2-5,9H,6H2,1H3. The second-order valence-corrected chi connectivity index (χ2v) is 5.73. The van der Waals surface area contributed by atoms with E-state index in [9.17, 15) is 18.5 Å². The maximum atomic E-state index is 11.2. The number of rotatable bonds is 2. The van der Waals surface area contributed by atoms with E-state index in [2.05, 4.69) is 0 Å². The summed E-state index contributed by atoms with van der Waals surface area (Å²) in [5.74, 6) is 0.0707. The highest BCUT2D eigenvalue weighted by Crippen LogP contribution is 2.33. The molecule has 1 aliphatic rings. The molecule has 0 saturated carbocycles. The fraction of sp³-hybridized carbons (Fsp3) is 0.333. The lowest BCUT2D eigenvalue weighted by Gasteiger charge is -2.36. The van der Waals surface area contributed by atoms with Crippen molar-refractivity contribution in [2.24, 2.45) is 0 Å². The number of nitro groups is 1. The van der Waals surface area contributed by atoms with Crippen molar-refractivity contribution in [3.63, 3.8) is 0 Å². The number of nitrogens with zero attached hydrogens (tertiary/aromatic N) is 2. The van der Waals surface area contributed by atoms with E-state index in [1.165, 1.54) is 23.5 Å². The summed E-state index contributed by atoms with van der Waals surface area (Å²) in [5.41, 5.74) is 0.788. The second-order valence-electron chi connectivity index (χ2n) is 3.66. The maximum Gasteiger partial charge on any atom is 0.269 e. The number of sulfonamides is 1. The Morgan fingerprint density at radius 2 is 1.94 bits per heavy atom. The number of benzene rings is 1. The quantitative estimate of drug-likeness (QED) is 0.570. The first kappa shape index (κ1) is 11.0. The lowest BCUT2D eigenvalue weighted by molar-refractivity contribution is -0.384. The van der Waals surface area contributed by atoms with Crippen LogP contribution >= 0.6 is 0 Å². The van der Waals surface area contributed by atoms with Crippen molar-refractivity contribution in [1.29, 1.82) is 0 Å². The Kier molecular flexibility index (Phi) is 2.43. The molecule has 1 aromatic rings. The Labute approximate surface area is 92.7 Å². The van der Waals surface area contributed by atoms with Gasteiger partial charge in [-0.3, -0.25) is 10.1 Å². The van der Waals surface area contributed by atoms with Gasteiger partial charge in [-0.05, 0) is 5.56 Å². The Bertz CT molecular complexity index is 523. The second kappa shape index (κ2) is 3.53. The molecule has 0 amide bonds. The summed E-state index contributed by atoms with van der Waals surface area (Å²) in [7, 11) is -1.58. The molecule has 7 heteroatoms. The van der Waals surface area contributed by atoms with E-state index < -0.39 is 14.9 Å². The molecule has 0 N–H and O–H groups in total. The summed E-state index contributed by atoms with van der Waals surface area (Å²) in [5, 5.41) is 10.4. The molecule has 2 rings (SSSR count). The van der Waals surface area contributed by atoms with Gasteiger partial charge < -0.3 is 0 Å². The molecule has 1 aromatic carbocycles. The smallest absolute Gasteiger partial charge is 0.258 e. The van der Waals surface area contributed by atoms with E-state index in [-0.39, 0.29) is 17.5 Å². The van der Waals surface area contributed by atoms with Gasteiger partial charge >= 0.3 is 0 Å². The molecule has 6 nitrogen and oxygen atoms in total. The van der Waals surface area contributed by atoms with Crippen molar-refractivity contribution in [2.75, 3.05) is 12.8 Å². The van der Waals surface area contributed by atoms with Gasteiger partial charge in [-0.25, -0.2) is 8.42 Å². The minimum Gasteiger partial charge on any atom is -0.258 e. The van der Waals surface area contributed by atoms with Gasteiger partial charge in [0.2, 0.25) is 10.0 Å². The normalized spacial score (nSPS) is 23.7. The first-order valence-electron chi connectivity index (χ1n) is 4.62. The van der Waals surface area contributed by atoms with Gasteiger partial charge in [0.1, 0.15) is 0 Å². The van der Waals surface area contributed by atoms with E-state index in [4.69, 9.17) is 0 Å². The molecule has 0 aromatic heterocycles. The summed E-state index contributed by atoms with van der Waals surface area (Å²) in [6.45, 7) is 0. The van der Waals surface area contributed by atoms with Crippen LogP contribution in [0.5, 0.6) is 0 Å². The summed E-state index contributed by atoms with van der Waals surface area (Å²) in [6.07, 6.45) is 0. The zero-order valence-electron chi connectivity index (χ0n) is 8.53. The van der Waals surface area contributed by atoms with Crippen LogP contribution in [-0.2, 0) is 10.0 Å². The van der Waals surface area contributed by atoms with E-state index in [1.807, 2.05) is 0 Å². The summed E-state index contributed by atoms with van der Waals surface area (Å²) >= 11 is 0. The van der Waals surface area contributed by atoms with Gasteiger partial charge in [0, 0.05) is 19.2 Å². The van der Waals surface area contributed by atoms with Crippen molar-refractivity contribution in [3.05, 3.63) is 39.9 Å². The molecule has 16 heavy (non-hydrogen) atoms. The van der Waals surface area contributed by atoms with Gasteiger partial charge in [-0.15, -0.1) is 0 Å². The van der Waals surface area contributed by atoms with Crippen LogP contribution in [0.4, 0.5) is 5.69 Å². The van der Waals surface area contributed by atoms with Crippen molar-refractivity contribution >= 4 is 15.7 Å². The molecular weight excluding hydrogens is 232 g/mol. The lowest BCUT2D eigenvalue weighted by atomic mass is 10.1. The lowest BCUT2D eigenvalue weighted by Crippen LogP contribution is -2.47.